The summed E-state index contributed by atoms with van der Waals surface area (Å²) in [7, 11) is 0. The number of carbonyl (C=O) groups is 1. The number of hydrogen-bond donors (Lipinski definition) is 1. The van der Waals surface area contributed by atoms with E-state index in [-0.39, 0.29) is 12.5 Å². The molecule has 25 heavy (non-hydrogen) atoms. The van der Waals surface area contributed by atoms with Gasteiger partial charge in [-0.1, -0.05) is 34.5 Å². The first-order valence-electron chi connectivity index (χ1n) is 7.71. The van der Waals surface area contributed by atoms with Crippen LogP contribution in [0.25, 0.3) is 0 Å². The number of hydrazone groups is 1. The number of amides is 1. The Balaban J connectivity index is 1.88. The summed E-state index contributed by atoms with van der Waals surface area (Å²) in [6, 6.07) is 12.4. The van der Waals surface area contributed by atoms with Crippen molar-refractivity contribution in [3.8, 4) is 11.5 Å². The molecular weight excluding hydrogens is 408 g/mol. The molecule has 1 amide bonds. The van der Waals surface area contributed by atoms with Crippen molar-refractivity contribution in [3.63, 3.8) is 0 Å². The Bertz CT molecular complexity index is 736. The van der Waals surface area contributed by atoms with Gasteiger partial charge in [0.05, 0.1) is 12.8 Å². The average molecular weight is 426 g/mol. The van der Waals surface area contributed by atoms with Crippen LogP contribution in [-0.2, 0) is 4.79 Å². The molecule has 7 heteroatoms. The molecule has 132 valence electrons. The maximum absolute atomic E-state index is 11.8. The third-order valence-corrected chi connectivity index (χ3v) is 3.76. The van der Waals surface area contributed by atoms with Gasteiger partial charge in [0.25, 0.3) is 5.91 Å². The van der Waals surface area contributed by atoms with E-state index in [1.165, 1.54) is 6.21 Å². The van der Waals surface area contributed by atoms with Crippen LogP contribution in [0.1, 0.15) is 18.9 Å². The summed E-state index contributed by atoms with van der Waals surface area (Å²) in [4.78, 5) is 11.8. The predicted molar refractivity (Wildman–Crippen MR) is 103 cm³/mol. The molecule has 0 fully saturated rings. The standard InChI is InChI=1S/C18H18BrClN2O3/c1-2-9-24-17-8-3-14(19)10-13(17)11-21-22-18(23)12-25-16-6-4-15(20)5-7-16/h3-8,10-11H,2,9,12H2,1H3,(H,22,23)/b21-11-. The highest BCUT2D eigenvalue weighted by Crippen LogP contribution is 2.22. The van der Waals surface area contributed by atoms with Crippen molar-refractivity contribution < 1.29 is 14.3 Å². The second kappa shape index (κ2) is 10.1. The van der Waals surface area contributed by atoms with Crippen molar-refractivity contribution in [2.24, 2.45) is 5.10 Å². The van der Waals surface area contributed by atoms with Crippen molar-refractivity contribution >= 4 is 39.7 Å². The zero-order valence-corrected chi connectivity index (χ0v) is 16.0. The molecule has 0 aromatic heterocycles. The first-order chi connectivity index (χ1) is 12.1. The van der Waals surface area contributed by atoms with E-state index >= 15 is 0 Å². The second-order valence-corrected chi connectivity index (χ2v) is 6.42. The van der Waals surface area contributed by atoms with E-state index in [0.717, 1.165) is 16.5 Å². The van der Waals surface area contributed by atoms with Gasteiger partial charge in [-0.2, -0.15) is 5.10 Å². The van der Waals surface area contributed by atoms with E-state index in [2.05, 4.69) is 26.5 Å². The van der Waals surface area contributed by atoms with E-state index < -0.39 is 0 Å². The Hall–Kier alpha value is -2.05. The molecule has 0 atom stereocenters. The predicted octanol–water partition coefficient (Wildman–Crippen LogP) is 4.42. The molecule has 1 N–H and O–H groups in total. The Morgan fingerprint density at radius 3 is 2.72 bits per heavy atom. The Morgan fingerprint density at radius 1 is 1.24 bits per heavy atom. The van der Waals surface area contributed by atoms with E-state index in [9.17, 15) is 4.79 Å². The molecule has 0 aliphatic heterocycles. The molecule has 5 nitrogen and oxygen atoms in total. The molecule has 0 saturated heterocycles. The summed E-state index contributed by atoms with van der Waals surface area (Å²) in [5.74, 6) is 0.906. The Morgan fingerprint density at radius 2 is 2.00 bits per heavy atom. The third-order valence-electron chi connectivity index (χ3n) is 3.01. The van der Waals surface area contributed by atoms with E-state index in [0.29, 0.717) is 23.1 Å². The van der Waals surface area contributed by atoms with Gasteiger partial charge < -0.3 is 9.47 Å². The minimum absolute atomic E-state index is 0.142. The van der Waals surface area contributed by atoms with Gasteiger partial charge in [-0.15, -0.1) is 0 Å². The first kappa shape index (κ1) is 19.3. The number of carbonyl (C=O) groups excluding carboxylic acids is 1. The highest BCUT2D eigenvalue weighted by atomic mass is 79.9. The SMILES string of the molecule is CCCOc1ccc(Br)cc1/C=N\NC(=O)COc1ccc(Cl)cc1. The van der Waals surface area contributed by atoms with E-state index in [4.69, 9.17) is 21.1 Å². The second-order valence-electron chi connectivity index (χ2n) is 5.07. The number of hydrogen-bond acceptors (Lipinski definition) is 4. The fourth-order valence-corrected chi connectivity index (χ4v) is 2.35. The van der Waals surface area contributed by atoms with Crippen LogP contribution < -0.4 is 14.9 Å². The summed E-state index contributed by atoms with van der Waals surface area (Å²) < 4.78 is 11.9. The van der Waals surface area contributed by atoms with Crippen LogP contribution in [0.3, 0.4) is 0 Å². The lowest BCUT2D eigenvalue weighted by Crippen LogP contribution is -2.24. The summed E-state index contributed by atoms with van der Waals surface area (Å²) in [6.07, 6.45) is 2.45. The van der Waals surface area contributed by atoms with Crippen molar-refractivity contribution in [3.05, 3.63) is 57.5 Å². The van der Waals surface area contributed by atoms with Gasteiger partial charge in [0.2, 0.25) is 0 Å². The van der Waals surface area contributed by atoms with Crippen LogP contribution in [-0.4, -0.2) is 25.3 Å². The number of nitrogens with zero attached hydrogens (tertiary/aromatic N) is 1. The van der Waals surface area contributed by atoms with Gasteiger partial charge in [0.15, 0.2) is 6.61 Å². The van der Waals surface area contributed by atoms with E-state index in [1.54, 1.807) is 24.3 Å². The maximum atomic E-state index is 11.8. The zero-order chi connectivity index (χ0) is 18.1. The average Bonchev–Trinajstić information content (AvgIpc) is 2.60. The number of benzene rings is 2. The fraction of sp³-hybridized carbons (Fsp3) is 0.222. The third kappa shape index (κ3) is 6.76. The van der Waals surface area contributed by atoms with Gasteiger partial charge in [0, 0.05) is 15.1 Å². The van der Waals surface area contributed by atoms with Crippen molar-refractivity contribution in [1.82, 2.24) is 5.43 Å². The molecule has 0 aliphatic carbocycles. The monoisotopic (exact) mass is 424 g/mol. The van der Waals surface area contributed by atoms with Gasteiger partial charge in [0.1, 0.15) is 11.5 Å². The highest BCUT2D eigenvalue weighted by molar-refractivity contribution is 9.10. The van der Waals surface area contributed by atoms with Crippen LogP contribution in [0.5, 0.6) is 11.5 Å². The molecule has 0 heterocycles. The van der Waals surface area contributed by atoms with Crippen LogP contribution >= 0.6 is 27.5 Å². The molecule has 2 aromatic rings. The van der Waals surface area contributed by atoms with Crippen LogP contribution in [0.4, 0.5) is 0 Å². The molecule has 0 radical (unpaired) electrons. The highest BCUT2D eigenvalue weighted by Gasteiger charge is 2.04. The maximum Gasteiger partial charge on any atom is 0.277 e. The topological polar surface area (TPSA) is 59.9 Å². The molecule has 0 aliphatic rings. The van der Waals surface area contributed by atoms with Gasteiger partial charge in [-0.3, -0.25) is 4.79 Å². The van der Waals surface area contributed by atoms with Crippen molar-refractivity contribution in [2.75, 3.05) is 13.2 Å². The lowest BCUT2D eigenvalue weighted by atomic mass is 10.2. The molecule has 2 rings (SSSR count). The summed E-state index contributed by atoms with van der Waals surface area (Å²) in [5, 5.41) is 4.56. The summed E-state index contributed by atoms with van der Waals surface area (Å²) in [6.45, 7) is 2.51. The molecular formula is C18H18BrClN2O3. The molecule has 2 aromatic carbocycles. The zero-order valence-electron chi connectivity index (χ0n) is 13.7. The van der Waals surface area contributed by atoms with Gasteiger partial charge in [-0.05, 0) is 48.9 Å². The number of halogens is 2. The van der Waals surface area contributed by atoms with Crippen LogP contribution in [0, 0.1) is 0 Å². The lowest BCUT2D eigenvalue weighted by Gasteiger charge is -2.08. The van der Waals surface area contributed by atoms with E-state index in [1.807, 2.05) is 25.1 Å². The van der Waals surface area contributed by atoms with Crippen LogP contribution in [0.15, 0.2) is 52.0 Å². The first-order valence-corrected chi connectivity index (χ1v) is 8.88. The molecule has 0 bridgehead atoms. The van der Waals surface area contributed by atoms with Crippen molar-refractivity contribution in [2.45, 2.75) is 13.3 Å². The number of ether oxygens (including phenoxy) is 2. The minimum atomic E-state index is -0.364. The summed E-state index contributed by atoms with van der Waals surface area (Å²) >= 11 is 9.20. The largest absolute Gasteiger partial charge is 0.493 e. The van der Waals surface area contributed by atoms with Crippen LogP contribution in [0.2, 0.25) is 5.02 Å². The minimum Gasteiger partial charge on any atom is -0.493 e. The summed E-state index contributed by atoms with van der Waals surface area (Å²) in [5.41, 5.74) is 3.19. The lowest BCUT2D eigenvalue weighted by molar-refractivity contribution is -0.123. The molecule has 0 spiro atoms. The smallest absolute Gasteiger partial charge is 0.277 e. The van der Waals surface area contributed by atoms with Crippen molar-refractivity contribution in [1.29, 1.82) is 0 Å². The molecule has 0 saturated carbocycles. The Kier molecular flexibility index (Phi) is 7.76. The number of rotatable bonds is 8. The van der Waals surface area contributed by atoms with Gasteiger partial charge in [-0.25, -0.2) is 5.43 Å². The molecule has 0 unspecified atom stereocenters. The van der Waals surface area contributed by atoms with Gasteiger partial charge >= 0.3 is 0 Å². The quantitative estimate of drug-likeness (QED) is 0.503. The normalized spacial score (nSPS) is 10.7. The Labute approximate surface area is 160 Å². The number of nitrogens with one attached hydrogen (secondary N) is 1. The fourth-order valence-electron chi connectivity index (χ4n) is 1.85.